The quantitative estimate of drug-likeness (QED) is 0.793. The summed E-state index contributed by atoms with van der Waals surface area (Å²) in [6.45, 7) is 2.43. The van der Waals surface area contributed by atoms with Crippen molar-refractivity contribution in [1.82, 2.24) is 10.6 Å². The van der Waals surface area contributed by atoms with Crippen LogP contribution in [0.4, 0.5) is 0 Å². The van der Waals surface area contributed by atoms with Crippen molar-refractivity contribution in [2.24, 2.45) is 0 Å². The second-order valence-electron chi connectivity index (χ2n) is 3.90. The van der Waals surface area contributed by atoms with E-state index in [1.165, 1.54) is 0 Å². The van der Waals surface area contributed by atoms with Gasteiger partial charge in [-0.25, -0.2) is 0 Å². The molecule has 1 amide bonds. The number of fused-ring (bicyclic) bond motifs is 1. The van der Waals surface area contributed by atoms with Crippen LogP contribution in [-0.2, 0) is 4.79 Å². The summed E-state index contributed by atoms with van der Waals surface area (Å²) in [6, 6.07) is 7.78. The highest BCUT2D eigenvalue weighted by Crippen LogP contribution is 2.31. The second-order valence-corrected chi connectivity index (χ2v) is 3.90. The van der Waals surface area contributed by atoms with Crippen molar-refractivity contribution >= 4 is 5.91 Å². The Bertz CT molecular complexity index is 392. The molecule has 2 unspecified atom stereocenters. The number of likely N-dealkylation sites (N-methyl/N-ethyl adjacent to an activating group) is 1. The van der Waals surface area contributed by atoms with E-state index in [1.54, 1.807) is 7.05 Å². The second kappa shape index (κ2) is 4.53. The summed E-state index contributed by atoms with van der Waals surface area (Å²) in [4.78, 5) is 11.4. The minimum Gasteiger partial charge on any atom is -0.491 e. The third-order valence-electron chi connectivity index (χ3n) is 2.79. The first-order chi connectivity index (χ1) is 7.72. The average molecular weight is 220 g/mol. The van der Waals surface area contributed by atoms with Crippen LogP contribution in [0.3, 0.4) is 0 Å². The van der Waals surface area contributed by atoms with E-state index in [1.807, 2.05) is 31.2 Å². The highest BCUT2D eigenvalue weighted by molar-refractivity contribution is 5.81. The third-order valence-corrected chi connectivity index (χ3v) is 2.79. The van der Waals surface area contributed by atoms with Crippen molar-refractivity contribution < 1.29 is 9.53 Å². The molecule has 86 valence electrons. The Morgan fingerprint density at radius 1 is 1.50 bits per heavy atom. The van der Waals surface area contributed by atoms with E-state index in [0.29, 0.717) is 6.61 Å². The van der Waals surface area contributed by atoms with E-state index < -0.39 is 0 Å². The minimum absolute atomic E-state index is 0.00983. The van der Waals surface area contributed by atoms with Crippen molar-refractivity contribution in [3.8, 4) is 5.75 Å². The molecular weight excluding hydrogens is 204 g/mol. The maximum atomic E-state index is 11.4. The lowest BCUT2D eigenvalue weighted by molar-refractivity contribution is -0.122. The van der Waals surface area contributed by atoms with E-state index in [-0.39, 0.29) is 18.0 Å². The lowest BCUT2D eigenvalue weighted by Crippen LogP contribution is -2.42. The zero-order valence-electron chi connectivity index (χ0n) is 9.49. The van der Waals surface area contributed by atoms with Crippen LogP contribution >= 0.6 is 0 Å². The first-order valence-electron chi connectivity index (χ1n) is 5.41. The molecule has 4 nitrogen and oxygen atoms in total. The first kappa shape index (κ1) is 11.0. The number of amides is 1. The smallest absolute Gasteiger partial charge is 0.236 e. The summed E-state index contributed by atoms with van der Waals surface area (Å²) in [6.07, 6.45) is 0. The Morgan fingerprint density at radius 3 is 3.00 bits per heavy atom. The van der Waals surface area contributed by atoms with Gasteiger partial charge in [-0.2, -0.15) is 0 Å². The predicted molar refractivity (Wildman–Crippen MR) is 61.3 cm³/mol. The zero-order valence-corrected chi connectivity index (χ0v) is 9.49. The Labute approximate surface area is 95.0 Å². The number of carbonyl (C=O) groups excluding carboxylic acids is 1. The molecule has 0 aromatic heterocycles. The average Bonchev–Trinajstić information content (AvgIpc) is 2.72. The van der Waals surface area contributed by atoms with E-state index in [0.717, 1.165) is 11.3 Å². The third kappa shape index (κ3) is 2.02. The van der Waals surface area contributed by atoms with Gasteiger partial charge in [-0.1, -0.05) is 18.2 Å². The van der Waals surface area contributed by atoms with Gasteiger partial charge in [0.1, 0.15) is 12.4 Å². The van der Waals surface area contributed by atoms with E-state index in [9.17, 15) is 4.79 Å². The van der Waals surface area contributed by atoms with Crippen LogP contribution < -0.4 is 15.4 Å². The van der Waals surface area contributed by atoms with E-state index >= 15 is 0 Å². The molecule has 0 aliphatic carbocycles. The van der Waals surface area contributed by atoms with Crippen LogP contribution in [0.25, 0.3) is 0 Å². The summed E-state index contributed by atoms with van der Waals surface area (Å²) in [7, 11) is 1.64. The molecule has 1 aromatic rings. The van der Waals surface area contributed by atoms with Gasteiger partial charge in [0.25, 0.3) is 0 Å². The largest absolute Gasteiger partial charge is 0.491 e. The molecule has 1 aliphatic rings. The SMILES string of the molecule is CNC(=O)C(C)NC1COc2ccccc21. The Morgan fingerprint density at radius 2 is 2.25 bits per heavy atom. The van der Waals surface area contributed by atoms with Crippen molar-refractivity contribution in [2.45, 2.75) is 19.0 Å². The monoisotopic (exact) mass is 220 g/mol. The summed E-state index contributed by atoms with van der Waals surface area (Å²) in [5.74, 6) is 0.897. The van der Waals surface area contributed by atoms with Gasteiger partial charge < -0.3 is 10.1 Å². The topological polar surface area (TPSA) is 50.4 Å². The number of hydrogen-bond acceptors (Lipinski definition) is 3. The number of para-hydroxylation sites is 1. The van der Waals surface area contributed by atoms with Gasteiger partial charge in [0.05, 0.1) is 12.1 Å². The van der Waals surface area contributed by atoms with Crippen LogP contribution in [0.1, 0.15) is 18.5 Å². The molecule has 2 N–H and O–H groups in total. The number of nitrogens with one attached hydrogen (secondary N) is 2. The molecular formula is C12H16N2O2. The molecule has 0 fully saturated rings. The fraction of sp³-hybridized carbons (Fsp3) is 0.417. The number of ether oxygens (including phenoxy) is 1. The Balaban J connectivity index is 2.06. The van der Waals surface area contributed by atoms with Gasteiger partial charge in [-0.15, -0.1) is 0 Å². The molecule has 16 heavy (non-hydrogen) atoms. The molecule has 0 saturated carbocycles. The standard InChI is InChI=1S/C12H16N2O2/c1-8(12(15)13-2)14-10-7-16-11-6-4-3-5-9(10)11/h3-6,8,10,14H,7H2,1-2H3,(H,13,15). The van der Waals surface area contributed by atoms with Crippen LogP contribution in [0, 0.1) is 0 Å². The first-order valence-corrected chi connectivity index (χ1v) is 5.41. The van der Waals surface area contributed by atoms with Gasteiger partial charge in [-0.3, -0.25) is 10.1 Å². The van der Waals surface area contributed by atoms with Crippen LogP contribution in [0.15, 0.2) is 24.3 Å². The van der Waals surface area contributed by atoms with Gasteiger partial charge in [0, 0.05) is 12.6 Å². The summed E-state index contributed by atoms with van der Waals surface area (Å²) >= 11 is 0. The molecule has 0 saturated heterocycles. The van der Waals surface area contributed by atoms with Crippen molar-refractivity contribution in [2.75, 3.05) is 13.7 Å². The van der Waals surface area contributed by atoms with Crippen LogP contribution in [0.5, 0.6) is 5.75 Å². The van der Waals surface area contributed by atoms with Gasteiger partial charge >= 0.3 is 0 Å². The predicted octanol–water partition coefficient (Wildman–Crippen LogP) is 0.844. The summed E-state index contributed by atoms with van der Waals surface area (Å²) < 4.78 is 5.53. The molecule has 1 heterocycles. The zero-order chi connectivity index (χ0) is 11.5. The van der Waals surface area contributed by atoms with Crippen molar-refractivity contribution in [3.63, 3.8) is 0 Å². The molecule has 0 spiro atoms. The normalized spacial score (nSPS) is 19.8. The molecule has 2 atom stereocenters. The lowest BCUT2D eigenvalue weighted by atomic mass is 10.1. The van der Waals surface area contributed by atoms with Crippen LogP contribution in [0.2, 0.25) is 0 Å². The van der Waals surface area contributed by atoms with E-state index in [4.69, 9.17) is 4.74 Å². The number of hydrogen-bond donors (Lipinski definition) is 2. The summed E-state index contributed by atoms with van der Waals surface area (Å²) in [5, 5.41) is 5.87. The molecule has 4 heteroatoms. The fourth-order valence-corrected chi connectivity index (χ4v) is 1.89. The molecule has 2 rings (SSSR count). The van der Waals surface area contributed by atoms with Gasteiger partial charge in [0.2, 0.25) is 5.91 Å². The maximum absolute atomic E-state index is 11.4. The van der Waals surface area contributed by atoms with Gasteiger partial charge in [0.15, 0.2) is 0 Å². The lowest BCUT2D eigenvalue weighted by Gasteiger charge is -2.17. The molecule has 0 bridgehead atoms. The highest BCUT2D eigenvalue weighted by Gasteiger charge is 2.26. The molecule has 1 aliphatic heterocycles. The summed E-state index contributed by atoms with van der Waals surface area (Å²) in [5.41, 5.74) is 1.12. The number of rotatable bonds is 3. The van der Waals surface area contributed by atoms with E-state index in [2.05, 4.69) is 10.6 Å². The molecule has 1 aromatic carbocycles. The number of benzene rings is 1. The van der Waals surface area contributed by atoms with Crippen molar-refractivity contribution in [1.29, 1.82) is 0 Å². The fourth-order valence-electron chi connectivity index (χ4n) is 1.89. The molecule has 0 radical (unpaired) electrons. The Hall–Kier alpha value is -1.55. The van der Waals surface area contributed by atoms with Crippen molar-refractivity contribution in [3.05, 3.63) is 29.8 Å². The minimum atomic E-state index is -0.218. The number of carbonyl (C=O) groups is 1. The highest BCUT2D eigenvalue weighted by atomic mass is 16.5. The van der Waals surface area contributed by atoms with Crippen LogP contribution in [-0.4, -0.2) is 25.6 Å². The Kier molecular flexibility index (Phi) is 3.10. The maximum Gasteiger partial charge on any atom is 0.236 e. The van der Waals surface area contributed by atoms with Gasteiger partial charge in [-0.05, 0) is 13.0 Å².